The number of nitrogens with zero attached hydrogens (tertiary/aromatic N) is 2. The Labute approximate surface area is 226 Å². The Kier molecular flexibility index (Phi) is 6.94. The number of primary amides is 1. The first-order valence-electron chi connectivity index (χ1n) is 12.9. The van der Waals surface area contributed by atoms with Crippen LogP contribution in [0.5, 0.6) is 5.75 Å². The Hall–Kier alpha value is -3.28. The summed E-state index contributed by atoms with van der Waals surface area (Å²) in [6, 6.07) is 0.0864. The third kappa shape index (κ3) is 4.14. The molecule has 6 N–H and O–H groups in total. The summed E-state index contributed by atoms with van der Waals surface area (Å²) in [5.41, 5.74) is 0.995. The number of hydrogen-bond donors (Lipinski definition) is 5. The molecular weight excluding hydrogens is 509 g/mol. The number of phenols is 1. The number of fused-ring (bicyclic) bond motifs is 3. The summed E-state index contributed by atoms with van der Waals surface area (Å²) >= 11 is 0. The summed E-state index contributed by atoms with van der Waals surface area (Å²) in [7, 11) is 3.10. The van der Waals surface area contributed by atoms with Crippen molar-refractivity contribution in [3.63, 3.8) is 0 Å². The Morgan fingerprint density at radius 3 is 2.33 bits per heavy atom. The molecule has 1 aromatic rings. The molecule has 0 aromatic heterocycles. The van der Waals surface area contributed by atoms with E-state index < -0.39 is 69.6 Å². The quantitative estimate of drug-likeness (QED) is 0.347. The number of rotatable bonds is 5. The molecule has 11 heteroatoms. The van der Waals surface area contributed by atoms with Crippen LogP contribution in [0.3, 0.4) is 0 Å². The molecule has 1 amide bonds. The zero-order valence-corrected chi connectivity index (χ0v) is 23.0. The lowest BCUT2D eigenvalue weighted by atomic mass is 9.58. The maximum Gasteiger partial charge on any atom is 0.255 e. The molecule has 0 fully saturated rings. The second kappa shape index (κ2) is 9.42. The fourth-order valence-electron chi connectivity index (χ4n) is 6.50. The van der Waals surface area contributed by atoms with Gasteiger partial charge in [0, 0.05) is 34.7 Å². The molecule has 212 valence electrons. The summed E-state index contributed by atoms with van der Waals surface area (Å²) in [5.74, 6) is -8.25. The average molecular weight is 546 g/mol. The van der Waals surface area contributed by atoms with Gasteiger partial charge in [-0.25, -0.2) is 4.39 Å². The number of nitrogens with two attached hydrogens (primary N) is 1. The number of hydrogen-bond acceptors (Lipinski definition) is 9. The van der Waals surface area contributed by atoms with Crippen LogP contribution in [0.15, 0.2) is 28.7 Å². The molecule has 0 aliphatic heterocycles. The molecule has 3 aliphatic rings. The number of aromatic hydroxyl groups is 1. The molecule has 4 rings (SSSR count). The van der Waals surface area contributed by atoms with Gasteiger partial charge in [-0.05, 0) is 66.2 Å². The highest BCUT2D eigenvalue weighted by Gasteiger charge is 2.63. The minimum Gasteiger partial charge on any atom is -0.510 e. The van der Waals surface area contributed by atoms with Gasteiger partial charge in [0.25, 0.3) is 5.91 Å². The minimum atomic E-state index is -2.73. The van der Waals surface area contributed by atoms with Crippen LogP contribution in [0, 0.1) is 17.7 Å². The number of amides is 1. The van der Waals surface area contributed by atoms with Gasteiger partial charge in [0.2, 0.25) is 5.78 Å². The molecule has 0 bridgehead atoms. The van der Waals surface area contributed by atoms with Crippen molar-refractivity contribution in [3.05, 3.63) is 51.2 Å². The van der Waals surface area contributed by atoms with Crippen molar-refractivity contribution in [2.45, 2.75) is 64.3 Å². The maximum atomic E-state index is 15.9. The van der Waals surface area contributed by atoms with Crippen molar-refractivity contribution < 1.29 is 39.2 Å². The van der Waals surface area contributed by atoms with Gasteiger partial charge in [-0.1, -0.05) is 6.92 Å². The number of allylic oxidation sites excluding steroid dienone is 1. The number of benzene rings is 1. The van der Waals surface area contributed by atoms with E-state index in [9.17, 15) is 34.8 Å². The number of phenolic OH excluding ortho intramolecular Hbond substituents is 1. The number of Topliss-reactive ketones (excluding diaryl/α,β-unsaturated/α-hetero) is 2. The molecule has 1 aromatic carbocycles. The fraction of sp³-hybridized carbons (Fsp3) is 0.536. The van der Waals surface area contributed by atoms with Crippen molar-refractivity contribution in [1.29, 1.82) is 0 Å². The average Bonchev–Trinajstić information content (AvgIpc) is 2.81. The van der Waals surface area contributed by atoms with Gasteiger partial charge in [-0.2, -0.15) is 0 Å². The Morgan fingerprint density at radius 1 is 1.21 bits per heavy atom. The number of aliphatic hydroxyl groups is 3. The van der Waals surface area contributed by atoms with Gasteiger partial charge in [-0.15, -0.1) is 0 Å². The highest BCUT2D eigenvalue weighted by Crippen LogP contribution is 2.52. The molecule has 0 saturated heterocycles. The zero-order valence-electron chi connectivity index (χ0n) is 23.0. The zero-order chi connectivity index (χ0) is 29.4. The summed E-state index contributed by atoms with van der Waals surface area (Å²) < 4.78 is 15.9. The van der Waals surface area contributed by atoms with E-state index in [0.29, 0.717) is 6.54 Å². The Morgan fingerprint density at radius 2 is 1.82 bits per heavy atom. The monoisotopic (exact) mass is 545 g/mol. The lowest BCUT2D eigenvalue weighted by molar-refractivity contribution is -0.148. The van der Waals surface area contributed by atoms with E-state index in [2.05, 4.69) is 0 Å². The van der Waals surface area contributed by atoms with E-state index in [4.69, 9.17) is 5.73 Å². The lowest BCUT2D eigenvalue weighted by Gasteiger charge is -2.50. The van der Waals surface area contributed by atoms with Crippen molar-refractivity contribution in [2.24, 2.45) is 17.6 Å². The van der Waals surface area contributed by atoms with Crippen molar-refractivity contribution in [2.75, 3.05) is 20.6 Å². The molecule has 0 saturated carbocycles. The van der Waals surface area contributed by atoms with Crippen LogP contribution in [0.1, 0.15) is 55.6 Å². The SMILES string of the molecule is CCN(Cc1cc(O)c2c(c1F)C[C@H]1C[C@H]3[C@H](N(C)C)C(O)=C(C(N)=O)C(=O)[C@@]3(O)C(O)=C1C2=O)C(C)(C)C. The summed E-state index contributed by atoms with van der Waals surface area (Å²) in [6.45, 7) is 8.70. The summed E-state index contributed by atoms with van der Waals surface area (Å²) in [4.78, 5) is 42.5. The third-order valence-electron chi connectivity index (χ3n) is 8.42. The first-order chi connectivity index (χ1) is 18.0. The van der Waals surface area contributed by atoms with E-state index >= 15 is 4.39 Å². The molecule has 3 aliphatic carbocycles. The van der Waals surface area contributed by atoms with Gasteiger partial charge in [-0.3, -0.25) is 24.2 Å². The van der Waals surface area contributed by atoms with Crippen LogP contribution in [0.25, 0.3) is 0 Å². The first-order valence-corrected chi connectivity index (χ1v) is 12.9. The third-order valence-corrected chi connectivity index (χ3v) is 8.42. The summed E-state index contributed by atoms with van der Waals surface area (Å²) in [5, 5.41) is 44.6. The first kappa shape index (κ1) is 28.7. The topological polar surface area (TPSA) is 165 Å². The second-order valence-corrected chi connectivity index (χ2v) is 11.9. The van der Waals surface area contributed by atoms with Crippen LogP contribution < -0.4 is 5.73 Å². The van der Waals surface area contributed by atoms with E-state index in [0.717, 1.165) is 0 Å². The van der Waals surface area contributed by atoms with Crippen LogP contribution in [0.4, 0.5) is 4.39 Å². The molecule has 10 nitrogen and oxygen atoms in total. The Bertz CT molecular complexity index is 1340. The number of aliphatic hydroxyl groups excluding tert-OH is 2. The van der Waals surface area contributed by atoms with Gasteiger partial charge >= 0.3 is 0 Å². The maximum absolute atomic E-state index is 15.9. The van der Waals surface area contributed by atoms with Crippen LogP contribution >= 0.6 is 0 Å². The van der Waals surface area contributed by atoms with Crippen LogP contribution in [0.2, 0.25) is 0 Å². The van der Waals surface area contributed by atoms with Gasteiger partial charge in [0.15, 0.2) is 11.4 Å². The largest absolute Gasteiger partial charge is 0.510 e. The van der Waals surface area contributed by atoms with Crippen molar-refractivity contribution in [1.82, 2.24) is 9.80 Å². The highest BCUT2D eigenvalue weighted by atomic mass is 19.1. The number of carbonyl (C=O) groups is 3. The molecule has 0 radical (unpaired) electrons. The predicted octanol–water partition coefficient (Wildman–Crippen LogP) is 1.88. The Balaban J connectivity index is 1.88. The standard InChI is InChI=1S/C28H36FN3O7/c1-7-32(27(2,3)4)11-13-10-16(33)18-14(20(13)29)8-12-9-15-21(31(5)6)23(35)19(26(30)38)25(37)28(15,39)24(36)17(12)22(18)34/h10,12,15,21,33,35-36,39H,7-9,11H2,1-6H3,(H2,30,38)/t12-,15-,21-,28-/m0/s1. The molecule has 0 unspecified atom stereocenters. The normalized spacial score (nSPS) is 27.2. The fourth-order valence-corrected chi connectivity index (χ4v) is 6.50. The van der Waals surface area contributed by atoms with Gasteiger partial charge in [0.05, 0.1) is 11.6 Å². The smallest absolute Gasteiger partial charge is 0.255 e. The molecule has 4 atom stereocenters. The minimum absolute atomic E-state index is 0.00641. The van der Waals surface area contributed by atoms with Crippen molar-refractivity contribution in [3.8, 4) is 5.75 Å². The number of carbonyl (C=O) groups excluding carboxylic acids is 3. The van der Waals surface area contributed by atoms with E-state index in [1.165, 1.54) is 11.0 Å². The molecule has 0 heterocycles. The predicted molar refractivity (Wildman–Crippen MR) is 139 cm³/mol. The van der Waals surface area contributed by atoms with E-state index in [1.54, 1.807) is 14.1 Å². The van der Waals surface area contributed by atoms with Crippen LogP contribution in [-0.2, 0) is 22.6 Å². The molecule has 39 heavy (non-hydrogen) atoms. The van der Waals surface area contributed by atoms with Gasteiger partial charge < -0.3 is 26.2 Å². The number of ketones is 2. The second-order valence-electron chi connectivity index (χ2n) is 11.9. The highest BCUT2D eigenvalue weighted by molar-refractivity contribution is 6.24. The van der Waals surface area contributed by atoms with E-state index in [-0.39, 0.29) is 47.2 Å². The number of likely N-dealkylation sites (N-methyl/N-ethyl adjacent to an activating group) is 1. The summed E-state index contributed by atoms with van der Waals surface area (Å²) in [6.07, 6.45) is -0.192. The molecule has 0 spiro atoms. The van der Waals surface area contributed by atoms with Crippen molar-refractivity contribution >= 4 is 17.5 Å². The van der Waals surface area contributed by atoms with E-state index in [1.807, 2.05) is 32.6 Å². The lowest BCUT2D eigenvalue weighted by Crippen LogP contribution is -2.63. The van der Waals surface area contributed by atoms with Gasteiger partial charge in [0.1, 0.15) is 28.7 Å². The molecular formula is C28H36FN3O7. The van der Waals surface area contributed by atoms with Crippen LogP contribution in [-0.4, -0.2) is 85.5 Å². The number of halogens is 1.